The van der Waals surface area contributed by atoms with E-state index in [0.29, 0.717) is 23.4 Å². The van der Waals surface area contributed by atoms with Gasteiger partial charge in [-0.15, -0.1) is 0 Å². The van der Waals surface area contributed by atoms with Gasteiger partial charge in [-0.3, -0.25) is 9.59 Å². The fourth-order valence-corrected chi connectivity index (χ4v) is 1.83. The van der Waals surface area contributed by atoms with Crippen LogP contribution < -0.4 is 0 Å². The van der Waals surface area contributed by atoms with E-state index in [4.69, 9.17) is 21.1 Å². The quantitative estimate of drug-likeness (QED) is 0.572. The first-order valence-corrected chi connectivity index (χ1v) is 7.06. The molecule has 5 heteroatoms. The van der Waals surface area contributed by atoms with E-state index < -0.39 is 17.9 Å². The lowest BCUT2D eigenvalue weighted by Crippen LogP contribution is -2.26. The molecule has 0 saturated carbocycles. The number of halogens is 1. The number of esters is 2. The van der Waals surface area contributed by atoms with Crippen LogP contribution in [0.1, 0.15) is 38.2 Å². The summed E-state index contributed by atoms with van der Waals surface area (Å²) in [4.78, 5) is 24.1. The molecule has 0 aromatic heterocycles. The van der Waals surface area contributed by atoms with Crippen molar-refractivity contribution in [1.82, 2.24) is 0 Å². The smallest absolute Gasteiger partial charge is 0.324 e. The van der Waals surface area contributed by atoms with E-state index in [0.717, 1.165) is 0 Å². The molecule has 0 unspecified atom stereocenters. The first-order chi connectivity index (χ1) is 9.60. The molecule has 0 amide bonds. The Balaban J connectivity index is 2.94. The van der Waals surface area contributed by atoms with Crippen LogP contribution >= 0.6 is 11.6 Å². The molecule has 1 aromatic rings. The molecular weight excluding hydrogens is 280 g/mol. The van der Waals surface area contributed by atoms with E-state index in [1.165, 1.54) is 0 Å². The van der Waals surface area contributed by atoms with Crippen LogP contribution in [0.5, 0.6) is 0 Å². The fourth-order valence-electron chi connectivity index (χ4n) is 1.63. The lowest BCUT2D eigenvalue weighted by molar-refractivity contribution is -0.157. The topological polar surface area (TPSA) is 52.6 Å². The predicted molar refractivity (Wildman–Crippen MR) is 76.7 cm³/mol. The minimum atomic E-state index is -1.08. The second-order valence-electron chi connectivity index (χ2n) is 4.32. The SMILES string of the molecule is CCCOC(=O)C(C(=O)OCCC)c1cccc(Cl)c1. The molecule has 4 nitrogen and oxygen atoms in total. The number of rotatable bonds is 7. The molecule has 0 saturated heterocycles. The van der Waals surface area contributed by atoms with Crippen LogP contribution in [0.2, 0.25) is 5.02 Å². The van der Waals surface area contributed by atoms with Gasteiger partial charge in [-0.05, 0) is 30.5 Å². The van der Waals surface area contributed by atoms with E-state index in [1.807, 2.05) is 13.8 Å². The molecule has 0 bridgehead atoms. The Labute approximate surface area is 124 Å². The highest BCUT2D eigenvalue weighted by Gasteiger charge is 2.31. The Morgan fingerprint density at radius 3 is 2.10 bits per heavy atom. The third-order valence-electron chi connectivity index (χ3n) is 2.55. The Morgan fingerprint density at radius 2 is 1.65 bits per heavy atom. The van der Waals surface area contributed by atoms with E-state index >= 15 is 0 Å². The van der Waals surface area contributed by atoms with Crippen molar-refractivity contribution in [2.24, 2.45) is 0 Å². The summed E-state index contributed by atoms with van der Waals surface area (Å²) in [5.41, 5.74) is 0.486. The highest BCUT2D eigenvalue weighted by Crippen LogP contribution is 2.23. The molecule has 0 radical (unpaired) electrons. The zero-order valence-electron chi connectivity index (χ0n) is 11.7. The molecule has 1 aromatic carbocycles. The summed E-state index contributed by atoms with van der Waals surface area (Å²) < 4.78 is 10.1. The summed E-state index contributed by atoms with van der Waals surface area (Å²) in [5, 5.41) is 0.457. The number of benzene rings is 1. The minimum absolute atomic E-state index is 0.275. The lowest BCUT2D eigenvalue weighted by Gasteiger charge is -2.15. The zero-order valence-corrected chi connectivity index (χ0v) is 12.5. The summed E-state index contributed by atoms with van der Waals surface area (Å²) in [6, 6.07) is 6.60. The predicted octanol–water partition coefficient (Wildman–Crippen LogP) is 3.33. The molecule has 20 heavy (non-hydrogen) atoms. The zero-order chi connectivity index (χ0) is 15.0. The molecule has 0 fully saturated rings. The Morgan fingerprint density at radius 1 is 1.10 bits per heavy atom. The van der Waals surface area contributed by atoms with Crippen molar-refractivity contribution < 1.29 is 19.1 Å². The van der Waals surface area contributed by atoms with Gasteiger partial charge in [0.15, 0.2) is 5.92 Å². The Kier molecular flexibility index (Phi) is 7.09. The summed E-state index contributed by atoms with van der Waals surface area (Å²) in [7, 11) is 0. The van der Waals surface area contributed by atoms with Gasteiger partial charge in [-0.25, -0.2) is 0 Å². The van der Waals surface area contributed by atoms with Gasteiger partial charge in [0.05, 0.1) is 13.2 Å². The van der Waals surface area contributed by atoms with Crippen molar-refractivity contribution in [2.75, 3.05) is 13.2 Å². The van der Waals surface area contributed by atoms with Gasteiger partial charge in [0.2, 0.25) is 0 Å². The highest BCUT2D eigenvalue weighted by atomic mass is 35.5. The average molecular weight is 299 g/mol. The Bertz CT molecular complexity index is 439. The van der Waals surface area contributed by atoms with Crippen LogP contribution in [0, 0.1) is 0 Å². The second-order valence-corrected chi connectivity index (χ2v) is 4.76. The second kappa shape index (κ2) is 8.59. The summed E-state index contributed by atoms with van der Waals surface area (Å²) in [6.07, 6.45) is 1.38. The lowest BCUT2D eigenvalue weighted by atomic mass is 9.99. The third kappa shape index (κ3) is 4.85. The van der Waals surface area contributed by atoms with Crippen molar-refractivity contribution in [3.05, 3.63) is 34.9 Å². The van der Waals surface area contributed by atoms with Gasteiger partial charge < -0.3 is 9.47 Å². The van der Waals surface area contributed by atoms with E-state index in [9.17, 15) is 9.59 Å². The van der Waals surface area contributed by atoms with Crippen LogP contribution in [0.25, 0.3) is 0 Å². The van der Waals surface area contributed by atoms with Gasteiger partial charge in [0.25, 0.3) is 0 Å². The maximum absolute atomic E-state index is 12.1. The van der Waals surface area contributed by atoms with E-state index in [2.05, 4.69) is 0 Å². The molecular formula is C15H19ClO4. The molecule has 110 valence electrons. The molecule has 0 aliphatic carbocycles. The average Bonchev–Trinajstić information content (AvgIpc) is 2.43. The van der Waals surface area contributed by atoms with E-state index in [-0.39, 0.29) is 13.2 Å². The van der Waals surface area contributed by atoms with E-state index in [1.54, 1.807) is 24.3 Å². The van der Waals surface area contributed by atoms with Crippen molar-refractivity contribution in [1.29, 1.82) is 0 Å². The number of carbonyl (C=O) groups excluding carboxylic acids is 2. The number of ether oxygens (including phenoxy) is 2. The van der Waals surface area contributed by atoms with Gasteiger partial charge in [-0.2, -0.15) is 0 Å². The first-order valence-electron chi connectivity index (χ1n) is 6.68. The van der Waals surface area contributed by atoms with Crippen molar-refractivity contribution >= 4 is 23.5 Å². The third-order valence-corrected chi connectivity index (χ3v) is 2.79. The van der Waals surface area contributed by atoms with Crippen LogP contribution in [0.15, 0.2) is 24.3 Å². The normalized spacial score (nSPS) is 10.4. The monoisotopic (exact) mass is 298 g/mol. The molecule has 0 N–H and O–H groups in total. The largest absolute Gasteiger partial charge is 0.465 e. The first kappa shape index (κ1) is 16.5. The molecule has 1 rings (SSSR count). The van der Waals surface area contributed by atoms with Gasteiger partial charge in [0.1, 0.15) is 0 Å². The highest BCUT2D eigenvalue weighted by molar-refractivity contribution is 6.30. The molecule has 0 aliphatic rings. The van der Waals surface area contributed by atoms with Gasteiger partial charge in [0, 0.05) is 5.02 Å². The fraction of sp³-hybridized carbons (Fsp3) is 0.467. The molecule has 0 aliphatic heterocycles. The van der Waals surface area contributed by atoms with Crippen LogP contribution in [-0.2, 0) is 19.1 Å². The summed E-state index contributed by atoms with van der Waals surface area (Å²) >= 11 is 5.90. The standard InChI is InChI=1S/C15H19ClO4/c1-3-8-19-14(17)13(15(18)20-9-4-2)11-6-5-7-12(16)10-11/h5-7,10,13H,3-4,8-9H2,1-2H3. The summed E-state index contributed by atoms with van der Waals surface area (Å²) in [5.74, 6) is -2.28. The minimum Gasteiger partial charge on any atom is -0.465 e. The maximum atomic E-state index is 12.1. The van der Waals surface area contributed by atoms with Gasteiger partial charge in [-0.1, -0.05) is 37.6 Å². The number of hydrogen-bond acceptors (Lipinski definition) is 4. The number of hydrogen-bond donors (Lipinski definition) is 0. The number of carbonyl (C=O) groups is 2. The van der Waals surface area contributed by atoms with Crippen LogP contribution in [-0.4, -0.2) is 25.2 Å². The summed E-state index contributed by atoms with van der Waals surface area (Å²) in [6.45, 7) is 4.32. The molecule has 0 heterocycles. The molecule has 0 atom stereocenters. The van der Waals surface area contributed by atoms with Crippen LogP contribution in [0.3, 0.4) is 0 Å². The van der Waals surface area contributed by atoms with Crippen LogP contribution in [0.4, 0.5) is 0 Å². The molecule has 0 spiro atoms. The Hall–Kier alpha value is -1.55. The van der Waals surface area contributed by atoms with Gasteiger partial charge >= 0.3 is 11.9 Å². The van der Waals surface area contributed by atoms with Crippen molar-refractivity contribution in [3.63, 3.8) is 0 Å². The van der Waals surface area contributed by atoms with Crippen molar-refractivity contribution in [2.45, 2.75) is 32.6 Å². The van der Waals surface area contributed by atoms with Crippen molar-refractivity contribution in [3.8, 4) is 0 Å². The maximum Gasteiger partial charge on any atom is 0.324 e.